The molecule has 2 N–H and O–H groups in total. The van der Waals surface area contributed by atoms with E-state index in [2.05, 4.69) is 43.2 Å². The van der Waals surface area contributed by atoms with Crippen LogP contribution in [0.2, 0.25) is 0 Å². The van der Waals surface area contributed by atoms with Crippen LogP contribution in [-0.2, 0) is 6.42 Å². The number of benzene rings is 1. The lowest BCUT2D eigenvalue weighted by Gasteiger charge is -2.12. The predicted octanol–water partition coefficient (Wildman–Crippen LogP) is 4.17. The highest BCUT2D eigenvalue weighted by atomic mass is 14.9. The number of hydrogen-bond acceptors (Lipinski definition) is 1. The normalized spacial score (nSPS) is 16.4. The molecule has 2 aromatic rings. The van der Waals surface area contributed by atoms with Gasteiger partial charge in [0.1, 0.15) is 0 Å². The number of aromatic nitrogens is 1. The van der Waals surface area contributed by atoms with Crippen LogP contribution in [0.4, 0.5) is 0 Å². The molecule has 1 aliphatic carbocycles. The van der Waals surface area contributed by atoms with E-state index in [1.165, 1.54) is 59.0 Å². The van der Waals surface area contributed by atoms with E-state index >= 15 is 0 Å². The van der Waals surface area contributed by atoms with Crippen molar-refractivity contribution in [2.45, 2.75) is 58.9 Å². The molecule has 2 nitrogen and oxygen atoms in total. The highest BCUT2D eigenvalue weighted by Crippen LogP contribution is 2.27. The van der Waals surface area contributed by atoms with Gasteiger partial charge in [-0.1, -0.05) is 18.9 Å². The molecule has 0 spiro atoms. The Labute approximate surface area is 122 Å². The van der Waals surface area contributed by atoms with Crippen molar-refractivity contribution in [1.29, 1.82) is 0 Å². The first-order valence-corrected chi connectivity index (χ1v) is 7.97. The Kier molecular flexibility index (Phi) is 3.84. The number of fused-ring (bicyclic) bond motifs is 1. The lowest BCUT2D eigenvalue weighted by molar-refractivity contribution is 0.528. The molecule has 0 radical (unpaired) electrons. The molecule has 1 aliphatic rings. The van der Waals surface area contributed by atoms with E-state index in [0.29, 0.717) is 0 Å². The second-order valence-corrected chi connectivity index (χ2v) is 6.42. The van der Waals surface area contributed by atoms with Crippen LogP contribution in [0.15, 0.2) is 12.1 Å². The second kappa shape index (κ2) is 5.61. The number of aromatic amines is 1. The topological polar surface area (TPSA) is 27.8 Å². The molecule has 0 saturated heterocycles. The van der Waals surface area contributed by atoms with Gasteiger partial charge in [-0.2, -0.15) is 0 Å². The molecule has 0 atom stereocenters. The number of nitrogens with one attached hydrogen (secondary N) is 2. The van der Waals surface area contributed by atoms with E-state index in [-0.39, 0.29) is 0 Å². The maximum atomic E-state index is 3.73. The first-order chi connectivity index (χ1) is 9.65. The third-order valence-corrected chi connectivity index (χ3v) is 4.72. The highest BCUT2D eigenvalue weighted by molar-refractivity contribution is 5.88. The Morgan fingerprint density at radius 3 is 2.65 bits per heavy atom. The van der Waals surface area contributed by atoms with Crippen molar-refractivity contribution < 1.29 is 0 Å². The van der Waals surface area contributed by atoms with Crippen molar-refractivity contribution in [1.82, 2.24) is 10.3 Å². The Morgan fingerprint density at radius 2 is 1.90 bits per heavy atom. The summed E-state index contributed by atoms with van der Waals surface area (Å²) in [6, 6.07) is 5.33. The third kappa shape index (κ3) is 2.62. The van der Waals surface area contributed by atoms with E-state index < -0.39 is 0 Å². The number of aryl methyl sites for hydroxylation is 3. The molecule has 1 saturated carbocycles. The molecule has 1 aromatic heterocycles. The molecular formula is C18H26N2. The molecule has 0 unspecified atom stereocenters. The molecule has 2 heteroatoms. The van der Waals surface area contributed by atoms with Crippen LogP contribution >= 0.6 is 0 Å². The first-order valence-electron chi connectivity index (χ1n) is 7.97. The molecule has 0 bridgehead atoms. The largest absolute Gasteiger partial charge is 0.358 e. The van der Waals surface area contributed by atoms with Crippen LogP contribution in [-0.4, -0.2) is 17.6 Å². The second-order valence-electron chi connectivity index (χ2n) is 6.42. The third-order valence-electron chi connectivity index (χ3n) is 4.72. The molecule has 20 heavy (non-hydrogen) atoms. The summed E-state index contributed by atoms with van der Waals surface area (Å²) in [6.45, 7) is 7.71. The minimum absolute atomic E-state index is 0.767. The van der Waals surface area contributed by atoms with Crippen LogP contribution in [0.3, 0.4) is 0 Å². The van der Waals surface area contributed by atoms with E-state index in [4.69, 9.17) is 0 Å². The van der Waals surface area contributed by atoms with Crippen LogP contribution in [0.5, 0.6) is 0 Å². The Bertz CT molecular complexity index is 603. The number of H-pyrrole nitrogens is 1. The molecule has 0 amide bonds. The Balaban J connectivity index is 1.78. The van der Waals surface area contributed by atoms with Crippen molar-refractivity contribution >= 4 is 10.9 Å². The van der Waals surface area contributed by atoms with Gasteiger partial charge in [-0.05, 0) is 69.3 Å². The minimum Gasteiger partial charge on any atom is -0.358 e. The van der Waals surface area contributed by atoms with Crippen molar-refractivity contribution in [3.05, 3.63) is 34.5 Å². The molecule has 1 heterocycles. The lowest BCUT2D eigenvalue weighted by Crippen LogP contribution is -2.28. The van der Waals surface area contributed by atoms with Crippen molar-refractivity contribution in [3.8, 4) is 0 Å². The summed E-state index contributed by atoms with van der Waals surface area (Å²) in [5.74, 6) is 0. The van der Waals surface area contributed by atoms with Crippen LogP contribution in [0.25, 0.3) is 10.9 Å². The molecule has 0 aliphatic heterocycles. The van der Waals surface area contributed by atoms with Gasteiger partial charge >= 0.3 is 0 Å². The summed E-state index contributed by atoms with van der Waals surface area (Å²) in [5, 5.41) is 5.17. The van der Waals surface area contributed by atoms with Crippen LogP contribution < -0.4 is 5.32 Å². The summed E-state index contributed by atoms with van der Waals surface area (Å²) in [7, 11) is 0. The summed E-state index contributed by atoms with van der Waals surface area (Å²) in [5.41, 5.74) is 6.88. The first kappa shape index (κ1) is 13.7. The average Bonchev–Trinajstić information content (AvgIpc) is 2.98. The SMILES string of the molecule is Cc1cc(C)c2c(CCNC3CCCC3)c(C)[nH]c2c1. The number of rotatable bonds is 4. The highest BCUT2D eigenvalue weighted by Gasteiger charge is 2.15. The smallest absolute Gasteiger partial charge is 0.0464 e. The summed E-state index contributed by atoms with van der Waals surface area (Å²) in [4.78, 5) is 3.56. The van der Waals surface area contributed by atoms with Gasteiger partial charge in [-0.15, -0.1) is 0 Å². The fraction of sp³-hybridized carbons (Fsp3) is 0.556. The maximum Gasteiger partial charge on any atom is 0.0464 e. The quantitative estimate of drug-likeness (QED) is 0.857. The predicted molar refractivity (Wildman–Crippen MR) is 86.5 cm³/mol. The van der Waals surface area contributed by atoms with Crippen molar-refractivity contribution in [2.75, 3.05) is 6.54 Å². The molecule has 1 fully saturated rings. The van der Waals surface area contributed by atoms with Crippen molar-refractivity contribution in [2.24, 2.45) is 0 Å². The van der Waals surface area contributed by atoms with E-state index in [1.807, 2.05) is 0 Å². The molecule has 108 valence electrons. The van der Waals surface area contributed by atoms with E-state index in [1.54, 1.807) is 0 Å². The van der Waals surface area contributed by atoms with E-state index in [9.17, 15) is 0 Å². The van der Waals surface area contributed by atoms with Gasteiger partial charge in [0.05, 0.1) is 0 Å². The fourth-order valence-electron chi connectivity index (χ4n) is 3.78. The maximum absolute atomic E-state index is 3.73. The molecular weight excluding hydrogens is 244 g/mol. The Hall–Kier alpha value is -1.28. The van der Waals surface area contributed by atoms with Gasteiger partial charge in [0.25, 0.3) is 0 Å². The monoisotopic (exact) mass is 270 g/mol. The van der Waals surface area contributed by atoms with Crippen molar-refractivity contribution in [3.63, 3.8) is 0 Å². The zero-order valence-electron chi connectivity index (χ0n) is 13.0. The fourth-order valence-corrected chi connectivity index (χ4v) is 3.78. The van der Waals surface area contributed by atoms with E-state index in [0.717, 1.165) is 19.0 Å². The zero-order chi connectivity index (χ0) is 14.1. The van der Waals surface area contributed by atoms with Gasteiger partial charge in [0, 0.05) is 22.6 Å². The lowest BCUT2D eigenvalue weighted by atomic mass is 10.0. The summed E-state index contributed by atoms with van der Waals surface area (Å²) < 4.78 is 0. The van der Waals surface area contributed by atoms with Crippen LogP contribution in [0, 0.1) is 20.8 Å². The van der Waals surface area contributed by atoms with Gasteiger partial charge in [-0.3, -0.25) is 0 Å². The Morgan fingerprint density at radius 1 is 1.15 bits per heavy atom. The summed E-state index contributed by atoms with van der Waals surface area (Å²) >= 11 is 0. The molecule has 1 aromatic carbocycles. The van der Waals surface area contributed by atoms with Gasteiger partial charge in [0.15, 0.2) is 0 Å². The van der Waals surface area contributed by atoms with Crippen LogP contribution in [0.1, 0.15) is 48.1 Å². The minimum atomic E-state index is 0.767. The molecule has 3 rings (SSSR count). The van der Waals surface area contributed by atoms with Gasteiger partial charge < -0.3 is 10.3 Å². The average molecular weight is 270 g/mol. The van der Waals surface area contributed by atoms with Gasteiger partial charge in [0.2, 0.25) is 0 Å². The summed E-state index contributed by atoms with van der Waals surface area (Å²) in [6.07, 6.45) is 6.67. The van der Waals surface area contributed by atoms with Gasteiger partial charge in [-0.25, -0.2) is 0 Å². The standard InChI is InChI=1S/C18H26N2/c1-12-10-13(2)18-16(14(3)20-17(18)11-12)8-9-19-15-6-4-5-7-15/h10-11,15,19-20H,4-9H2,1-3H3. The number of hydrogen-bond donors (Lipinski definition) is 2. The zero-order valence-corrected chi connectivity index (χ0v) is 13.0.